The van der Waals surface area contributed by atoms with Crippen molar-refractivity contribution >= 4 is 29.3 Å². The van der Waals surface area contributed by atoms with Crippen LogP contribution in [-0.4, -0.2) is 37.8 Å². The minimum atomic E-state index is -0.863. The SMILES string of the molecule is COC(=O)C/C(C(=O)OC)=C1/C(=O)c2ccccc2N1C(C)=O. The van der Waals surface area contributed by atoms with E-state index in [0.29, 0.717) is 5.69 Å². The highest BCUT2D eigenvalue weighted by Gasteiger charge is 2.39. The molecule has 0 bridgehead atoms. The first-order valence-electron chi connectivity index (χ1n) is 6.75. The lowest BCUT2D eigenvalue weighted by molar-refractivity contribution is -0.143. The van der Waals surface area contributed by atoms with Crippen molar-refractivity contribution < 1.29 is 28.7 Å². The van der Waals surface area contributed by atoms with Crippen molar-refractivity contribution in [3.05, 3.63) is 41.1 Å². The molecule has 0 aliphatic carbocycles. The molecule has 0 N–H and O–H groups in total. The molecular weight excluding hydrogens is 302 g/mol. The van der Waals surface area contributed by atoms with Crippen molar-refractivity contribution in [2.75, 3.05) is 19.1 Å². The predicted molar refractivity (Wildman–Crippen MR) is 79.6 cm³/mol. The third-order valence-corrected chi connectivity index (χ3v) is 3.41. The summed E-state index contributed by atoms with van der Waals surface area (Å²) in [6.45, 7) is 1.27. The van der Waals surface area contributed by atoms with Crippen LogP contribution in [0.2, 0.25) is 0 Å². The van der Waals surface area contributed by atoms with Gasteiger partial charge in [0.2, 0.25) is 11.7 Å². The summed E-state index contributed by atoms with van der Waals surface area (Å²) < 4.78 is 9.20. The Morgan fingerprint density at radius 2 is 1.74 bits per heavy atom. The molecule has 0 saturated heterocycles. The number of anilines is 1. The molecule has 7 heteroatoms. The molecule has 0 fully saturated rings. The lowest BCUT2D eigenvalue weighted by Crippen LogP contribution is -2.30. The van der Waals surface area contributed by atoms with Crippen molar-refractivity contribution in [2.45, 2.75) is 13.3 Å². The number of allylic oxidation sites excluding steroid dienone is 1. The average molecular weight is 317 g/mol. The fourth-order valence-corrected chi connectivity index (χ4v) is 2.40. The van der Waals surface area contributed by atoms with Crippen LogP contribution in [0.3, 0.4) is 0 Å². The van der Waals surface area contributed by atoms with Crippen molar-refractivity contribution in [2.24, 2.45) is 0 Å². The number of carbonyl (C=O) groups is 4. The minimum absolute atomic E-state index is 0.170. The van der Waals surface area contributed by atoms with Gasteiger partial charge in [0.25, 0.3) is 0 Å². The maximum Gasteiger partial charge on any atom is 0.336 e. The molecule has 0 aromatic heterocycles. The van der Waals surface area contributed by atoms with Crippen LogP contribution in [0, 0.1) is 0 Å². The number of esters is 2. The van der Waals surface area contributed by atoms with Gasteiger partial charge in [-0.25, -0.2) is 4.79 Å². The van der Waals surface area contributed by atoms with E-state index in [2.05, 4.69) is 9.47 Å². The number of amides is 1. The van der Waals surface area contributed by atoms with Gasteiger partial charge < -0.3 is 9.47 Å². The second-order valence-corrected chi connectivity index (χ2v) is 4.77. The van der Waals surface area contributed by atoms with Crippen molar-refractivity contribution in [3.63, 3.8) is 0 Å². The van der Waals surface area contributed by atoms with Crippen molar-refractivity contribution in [3.8, 4) is 0 Å². The third kappa shape index (κ3) is 2.85. The minimum Gasteiger partial charge on any atom is -0.469 e. The highest BCUT2D eigenvalue weighted by molar-refractivity contribution is 6.27. The number of hydrogen-bond donors (Lipinski definition) is 0. The predicted octanol–water partition coefficient (Wildman–Crippen LogP) is 1.23. The molecule has 1 aliphatic heterocycles. The van der Waals surface area contributed by atoms with Crippen LogP contribution >= 0.6 is 0 Å². The molecule has 23 heavy (non-hydrogen) atoms. The van der Waals surface area contributed by atoms with Gasteiger partial charge in [-0.1, -0.05) is 12.1 Å². The van der Waals surface area contributed by atoms with E-state index in [0.717, 1.165) is 19.1 Å². The van der Waals surface area contributed by atoms with E-state index in [1.165, 1.54) is 6.92 Å². The topological polar surface area (TPSA) is 90.0 Å². The first-order chi connectivity index (χ1) is 10.9. The van der Waals surface area contributed by atoms with Crippen LogP contribution in [0.5, 0.6) is 0 Å². The first-order valence-corrected chi connectivity index (χ1v) is 6.75. The highest BCUT2D eigenvalue weighted by Crippen LogP contribution is 2.36. The summed E-state index contributed by atoms with van der Waals surface area (Å²) in [7, 11) is 2.29. The number of rotatable bonds is 3. The fraction of sp³-hybridized carbons (Fsp3) is 0.250. The van der Waals surface area contributed by atoms with Gasteiger partial charge in [-0.05, 0) is 12.1 Å². The Morgan fingerprint density at radius 3 is 2.30 bits per heavy atom. The molecule has 0 spiro atoms. The normalized spacial score (nSPS) is 15.1. The van der Waals surface area contributed by atoms with E-state index in [1.807, 2.05) is 0 Å². The second kappa shape index (κ2) is 6.43. The van der Waals surface area contributed by atoms with Crippen molar-refractivity contribution in [1.82, 2.24) is 0 Å². The summed E-state index contributed by atoms with van der Waals surface area (Å²) in [4.78, 5) is 49.4. The van der Waals surface area contributed by atoms with Gasteiger partial charge >= 0.3 is 11.9 Å². The van der Waals surface area contributed by atoms with E-state index in [-0.39, 0.29) is 16.8 Å². The Kier molecular flexibility index (Phi) is 4.59. The Morgan fingerprint density at radius 1 is 1.09 bits per heavy atom. The number of carbonyl (C=O) groups excluding carboxylic acids is 4. The zero-order chi connectivity index (χ0) is 17.1. The monoisotopic (exact) mass is 317 g/mol. The number of para-hydroxylation sites is 1. The largest absolute Gasteiger partial charge is 0.469 e. The summed E-state index contributed by atoms with van der Waals surface area (Å²) in [5, 5.41) is 0. The molecule has 1 aromatic carbocycles. The molecule has 120 valence electrons. The molecule has 0 unspecified atom stereocenters. The molecule has 7 nitrogen and oxygen atoms in total. The fourth-order valence-electron chi connectivity index (χ4n) is 2.40. The lowest BCUT2D eigenvalue weighted by atomic mass is 10.1. The lowest BCUT2D eigenvalue weighted by Gasteiger charge is -2.18. The van der Waals surface area contributed by atoms with Crippen LogP contribution in [0.15, 0.2) is 35.5 Å². The zero-order valence-corrected chi connectivity index (χ0v) is 12.9. The molecule has 1 heterocycles. The smallest absolute Gasteiger partial charge is 0.336 e. The molecule has 0 radical (unpaired) electrons. The van der Waals surface area contributed by atoms with Crippen LogP contribution in [-0.2, 0) is 23.9 Å². The van der Waals surface area contributed by atoms with E-state index in [9.17, 15) is 19.2 Å². The van der Waals surface area contributed by atoms with E-state index in [4.69, 9.17) is 0 Å². The van der Waals surface area contributed by atoms with Crippen LogP contribution in [0.4, 0.5) is 5.69 Å². The maximum atomic E-state index is 12.6. The number of nitrogens with zero attached hydrogens (tertiary/aromatic N) is 1. The molecule has 2 rings (SSSR count). The summed E-state index contributed by atoms with van der Waals surface area (Å²) in [5.74, 6) is -2.55. The van der Waals surface area contributed by atoms with E-state index >= 15 is 0 Å². The Bertz CT molecular complexity index is 734. The summed E-state index contributed by atoms with van der Waals surface area (Å²) in [6.07, 6.45) is -0.470. The quantitative estimate of drug-likeness (QED) is 0.615. The van der Waals surface area contributed by atoms with Gasteiger partial charge in [-0.15, -0.1) is 0 Å². The zero-order valence-electron chi connectivity index (χ0n) is 12.9. The molecule has 0 saturated carbocycles. The number of methoxy groups -OCH3 is 2. The van der Waals surface area contributed by atoms with Gasteiger partial charge in [-0.2, -0.15) is 0 Å². The molecular formula is C16H15NO6. The molecule has 1 aliphatic rings. The van der Waals surface area contributed by atoms with Gasteiger partial charge in [0.1, 0.15) is 5.70 Å². The number of hydrogen-bond acceptors (Lipinski definition) is 6. The average Bonchev–Trinajstić information content (AvgIpc) is 2.85. The molecule has 1 amide bonds. The standard InChI is InChI=1S/C16H15NO6/c1-9(18)17-12-7-5-4-6-10(12)15(20)14(17)11(16(21)23-3)8-13(19)22-2/h4-7H,8H2,1-3H3/b14-11+. The highest BCUT2D eigenvalue weighted by atomic mass is 16.5. The summed E-state index contributed by atoms with van der Waals surface area (Å²) in [5.41, 5.74) is 0.266. The van der Waals surface area contributed by atoms with Crippen LogP contribution < -0.4 is 4.90 Å². The van der Waals surface area contributed by atoms with Crippen LogP contribution in [0.1, 0.15) is 23.7 Å². The van der Waals surface area contributed by atoms with Crippen LogP contribution in [0.25, 0.3) is 0 Å². The third-order valence-electron chi connectivity index (χ3n) is 3.41. The number of ether oxygens (including phenoxy) is 2. The molecule has 0 atom stereocenters. The second-order valence-electron chi connectivity index (χ2n) is 4.77. The maximum absolute atomic E-state index is 12.6. The van der Waals surface area contributed by atoms with Gasteiger partial charge in [0.15, 0.2) is 0 Å². The number of fused-ring (bicyclic) bond motifs is 1. The van der Waals surface area contributed by atoms with Gasteiger partial charge in [0, 0.05) is 12.5 Å². The Labute approximate surface area is 132 Å². The first kappa shape index (κ1) is 16.4. The van der Waals surface area contributed by atoms with E-state index < -0.39 is 30.0 Å². The summed E-state index contributed by atoms with van der Waals surface area (Å²) in [6, 6.07) is 6.46. The number of Topliss-reactive ketones (excluding diaryl/α,β-unsaturated/α-hetero) is 1. The summed E-state index contributed by atoms with van der Waals surface area (Å²) >= 11 is 0. The van der Waals surface area contributed by atoms with Gasteiger partial charge in [-0.3, -0.25) is 19.3 Å². The Balaban J connectivity index is 2.69. The van der Waals surface area contributed by atoms with E-state index in [1.54, 1.807) is 24.3 Å². The number of benzene rings is 1. The molecule has 1 aromatic rings. The Hall–Kier alpha value is -2.96. The van der Waals surface area contributed by atoms with Gasteiger partial charge in [0.05, 0.1) is 31.9 Å². The number of ketones is 1. The van der Waals surface area contributed by atoms with Crippen molar-refractivity contribution in [1.29, 1.82) is 0 Å².